The second-order valence-electron chi connectivity index (χ2n) is 4.83. The summed E-state index contributed by atoms with van der Waals surface area (Å²) in [6, 6.07) is 0. The molecule has 0 aromatic carbocycles. The van der Waals surface area contributed by atoms with E-state index in [-0.39, 0.29) is 6.61 Å². The van der Waals surface area contributed by atoms with Gasteiger partial charge in [-0.25, -0.2) is 0 Å². The van der Waals surface area contributed by atoms with E-state index in [9.17, 15) is 0 Å². The maximum Gasteiger partial charge on any atom is 0.0466 e. The Kier molecular flexibility index (Phi) is 25.2. The van der Waals surface area contributed by atoms with E-state index >= 15 is 0 Å². The van der Waals surface area contributed by atoms with E-state index in [1.165, 1.54) is 64.2 Å². The van der Waals surface area contributed by atoms with Crippen LogP contribution in [0.2, 0.25) is 0 Å². The molecule has 0 bridgehead atoms. The average molecular weight is 272 g/mol. The summed E-state index contributed by atoms with van der Waals surface area (Å²) in [5, 5.41) is 7.57. The number of ether oxygens (including phenoxy) is 1. The molecule has 0 aromatic heterocycles. The van der Waals surface area contributed by atoms with Crippen LogP contribution in [0.3, 0.4) is 0 Å². The molecule has 0 aromatic rings. The monoisotopic (exact) mass is 272 g/mol. The first kappa shape index (κ1) is 21.0. The lowest BCUT2D eigenvalue weighted by Crippen LogP contribution is -1.96. The second kappa shape index (κ2) is 22.8. The Balaban J connectivity index is 0. The molecule has 0 spiro atoms. The van der Waals surface area contributed by atoms with Crippen LogP contribution in [0.15, 0.2) is 12.7 Å². The molecule has 19 heavy (non-hydrogen) atoms. The Morgan fingerprint density at radius 2 is 1.32 bits per heavy atom. The number of unbranched alkanes of at least 4 members (excludes halogenated alkanes) is 8. The summed E-state index contributed by atoms with van der Waals surface area (Å²) in [7, 11) is 0. The number of hydrogen-bond donors (Lipinski definition) is 1. The van der Waals surface area contributed by atoms with Crippen molar-refractivity contribution in [1.82, 2.24) is 0 Å². The van der Waals surface area contributed by atoms with Gasteiger partial charge in [-0.15, -0.1) is 6.58 Å². The normalized spacial score (nSPS) is 9.84. The van der Waals surface area contributed by atoms with Crippen molar-refractivity contribution in [2.75, 3.05) is 19.8 Å². The Bertz CT molecular complexity index is 146. The molecule has 0 fully saturated rings. The molecule has 116 valence electrons. The van der Waals surface area contributed by atoms with Gasteiger partial charge < -0.3 is 9.84 Å². The zero-order chi connectivity index (χ0) is 14.6. The highest BCUT2D eigenvalue weighted by molar-refractivity contribution is 4.65. The summed E-state index contributed by atoms with van der Waals surface area (Å²) in [6.45, 7) is 9.80. The Hall–Kier alpha value is -0.340. The van der Waals surface area contributed by atoms with Crippen molar-refractivity contribution in [3.8, 4) is 0 Å². The van der Waals surface area contributed by atoms with Gasteiger partial charge in [0.2, 0.25) is 0 Å². The van der Waals surface area contributed by atoms with Gasteiger partial charge in [-0.05, 0) is 32.6 Å². The van der Waals surface area contributed by atoms with E-state index in [1.54, 1.807) is 6.92 Å². The first-order valence-corrected chi connectivity index (χ1v) is 8.12. The van der Waals surface area contributed by atoms with Crippen molar-refractivity contribution in [3.05, 3.63) is 12.7 Å². The number of aliphatic hydroxyl groups is 1. The van der Waals surface area contributed by atoms with Crippen LogP contribution in [0.1, 0.15) is 78.1 Å². The van der Waals surface area contributed by atoms with Crippen LogP contribution in [0.5, 0.6) is 0 Å². The molecule has 0 aliphatic heterocycles. The fraction of sp³-hybridized carbons (Fsp3) is 0.882. The van der Waals surface area contributed by atoms with Crippen molar-refractivity contribution in [2.24, 2.45) is 0 Å². The summed E-state index contributed by atoms with van der Waals surface area (Å²) in [5.74, 6) is 0. The largest absolute Gasteiger partial charge is 0.397 e. The highest BCUT2D eigenvalue weighted by Gasteiger charge is 1.92. The van der Waals surface area contributed by atoms with Crippen molar-refractivity contribution in [2.45, 2.75) is 78.1 Å². The molecule has 2 heteroatoms. The molecule has 0 rings (SSSR count). The predicted molar refractivity (Wildman–Crippen MR) is 85.6 cm³/mol. The molecular formula is C17H36O2. The van der Waals surface area contributed by atoms with E-state index in [1.807, 2.05) is 6.08 Å². The maximum atomic E-state index is 7.57. The third-order valence-corrected chi connectivity index (χ3v) is 2.84. The van der Waals surface area contributed by atoms with Crippen LogP contribution in [0.4, 0.5) is 0 Å². The molecule has 2 nitrogen and oxygen atoms in total. The highest BCUT2D eigenvalue weighted by Crippen LogP contribution is 2.08. The van der Waals surface area contributed by atoms with Crippen LogP contribution in [0, 0.1) is 0 Å². The fourth-order valence-electron chi connectivity index (χ4n) is 1.73. The smallest absolute Gasteiger partial charge is 0.0466 e. The van der Waals surface area contributed by atoms with Crippen LogP contribution >= 0.6 is 0 Å². The lowest BCUT2D eigenvalue weighted by molar-refractivity contribution is 0.127. The number of hydrogen-bond acceptors (Lipinski definition) is 2. The lowest BCUT2D eigenvalue weighted by Gasteiger charge is -2.03. The van der Waals surface area contributed by atoms with E-state index in [4.69, 9.17) is 9.84 Å². The number of allylic oxidation sites excluding steroid dienone is 1. The predicted octanol–water partition coefficient (Wildman–Crippen LogP) is 5.11. The Morgan fingerprint density at radius 1 is 0.842 bits per heavy atom. The van der Waals surface area contributed by atoms with Gasteiger partial charge in [0.1, 0.15) is 0 Å². The third kappa shape index (κ3) is 27.0. The summed E-state index contributed by atoms with van der Waals surface area (Å²) in [5.41, 5.74) is 0. The first-order valence-electron chi connectivity index (χ1n) is 8.12. The first-order chi connectivity index (χ1) is 9.33. The van der Waals surface area contributed by atoms with Gasteiger partial charge in [0, 0.05) is 19.8 Å². The average Bonchev–Trinajstić information content (AvgIpc) is 2.41. The second-order valence-corrected chi connectivity index (χ2v) is 4.83. The molecular weight excluding hydrogens is 236 g/mol. The minimum atomic E-state index is 0.250. The van der Waals surface area contributed by atoms with Gasteiger partial charge >= 0.3 is 0 Å². The summed E-state index contributed by atoms with van der Waals surface area (Å²) in [6.07, 6.45) is 15.1. The van der Waals surface area contributed by atoms with Crippen molar-refractivity contribution >= 4 is 0 Å². The number of rotatable bonds is 13. The number of aliphatic hydroxyl groups excluding tert-OH is 1. The van der Waals surface area contributed by atoms with Gasteiger partial charge in [0.15, 0.2) is 0 Å². The zero-order valence-corrected chi connectivity index (χ0v) is 13.3. The van der Waals surface area contributed by atoms with Crippen molar-refractivity contribution in [3.63, 3.8) is 0 Å². The minimum absolute atomic E-state index is 0.250. The fourth-order valence-corrected chi connectivity index (χ4v) is 1.73. The topological polar surface area (TPSA) is 29.5 Å². The Morgan fingerprint density at radius 3 is 1.84 bits per heavy atom. The zero-order valence-electron chi connectivity index (χ0n) is 13.3. The van der Waals surface area contributed by atoms with Crippen LogP contribution in [-0.4, -0.2) is 24.9 Å². The van der Waals surface area contributed by atoms with Crippen LogP contribution < -0.4 is 0 Å². The molecule has 0 saturated carbocycles. The van der Waals surface area contributed by atoms with Crippen molar-refractivity contribution < 1.29 is 9.84 Å². The molecule has 0 aliphatic rings. The lowest BCUT2D eigenvalue weighted by atomic mass is 10.1. The molecule has 0 saturated heterocycles. The highest BCUT2D eigenvalue weighted by atomic mass is 16.5. The molecule has 0 heterocycles. The van der Waals surface area contributed by atoms with E-state index < -0.39 is 0 Å². The third-order valence-electron chi connectivity index (χ3n) is 2.84. The van der Waals surface area contributed by atoms with Gasteiger partial charge in [0.05, 0.1) is 0 Å². The molecule has 0 amide bonds. The minimum Gasteiger partial charge on any atom is -0.397 e. The summed E-state index contributed by atoms with van der Waals surface area (Å²) < 4.78 is 5.52. The van der Waals surface area contributed by atoms with Gasteiger partial charge in [-0.3, -0.25) is 0 Å². The van der Waals surface area contributed by atoms with E-state index in [0.29, 0.717) is 0 Å². The molecule has 1 N–H and O–H groups in total. The SMILES string of the molecule is C=CCCCCCCCCCOCCCC.CCO. The van der Waals surface area contributed by atoms with Crippen LogP contribution in [0.25, 0.3) is 0 Å². The molecule has 0 aliphatic carbocycles. The molecule has 0 atom stereocenters. The Labute approximate surface area is 121 Å². The standard InChI is InChI=1S/C15H30O.C2H6O/c1-3-5-7-8-9-10-11-12-13-15-16-14-6-4-2;1-2-3/h3H,1,4-15H2,2H3;3H,2H2,1H3. The molecule has 0 radical (unpaired) electrons. The summed E-state index contributed by atoms with van der Waals surface area (Å²) in [4.78, 5) is 0. The van der Waals surface area contributed by atoms with Gasteiger partial charge in [-0.2, -0.15) is 0 Å². The quantitative estimate of drug-likeness (QED) is 0.373. The molecule has 0 unspecified atom stereocenters. The van der Waals surface area contributed by atoms with Gasteiger partial charge in [-0.1, -0.05) is 51.5 Å². The van der Waals surface area contributed by atoms with Gasteiger partial charge in [0.25, 0.3) is 0 Å². The van der Waals surface area contributed by atoms with Crippen molar-refractivity contribution in [1.29, 1.82) is 0 Å². The summed E-state index contributed by atoms with van der Waals surface area (Å²) >= 11 is 0. The van der Waals surface area contributed by atoms with E-state index in [2.05, 4.69) is 13.5 Å². The van der Waals surface area contributed by atoms with Crippen LogP contribution in [-0.2, 0) is 4.74 Å². The van der Waals surface area contributed by atoms with E-state index in [0.717, 1.165) is 13.2 Å². The maximum absolute atomic E-state index is 7.57.